The van der Waals surface area contributed by atoms with E-state index in [1.54, 1.807) is 6.92 Å². The monoisotopic (exact) mass is 250 g/mol. The van der Waals surface area contributed by atoms with E-state index in [0.717, 1.165) is 24.8 Å². The van der Waals surface area contributed by atoms with Crippen LogP contribution in [0.3, 0.4) is 0 Å². The van der Waals surface area contributed by atoms with Crippen LogP contribution in [0.25, 0.3) is 0 Å². The molecule has 102 valence electrons. The van der Waals surface area contributed by atoms with E-state index in [1.807, 2.05) is 6.92 Å². The summed E-state index contributed by atoms with van der Waals surface area (Å²) in [6.45, 7) is 6.63. The molecule has 1 fully saturated rings. The first-order valence-electron chi connectivity index (χ1n) is 7.21. The molecule has 0 spiro atoms. The van der Waals surface area contributed by atoms with Crippen LogP contribution in [0.5, 0.6) is 0 Å². The number of nitrogens with zero attached hydrogens (tertiary/aromatic N) is 1. The van der Waals surface area contributed by atoms with Gasteiger partial charge in [0.1, 0.15) is 5.41 Å². The van der Waals surface area contributed by atoms with Crippen LogP contribution in [0.2, 0.25) is 0 Å². The SMILES string of the molecule is CCC(C)(C#N)C(=O)NCCC1CCC(C)CC1. The summed E-state index contributed by atoms with van der Waals surface area (Å²) in [5.41, 5.74) is -0.860. The summed E-state index contributed by atoms with van der Waals surface area (Å²) in [5.74, 6) is 1.52. The lowest BCUT2D eigenvalue weighted by Crippen LogP contribution is -2.38. The number of nitrogens with one attached hydrogen (secondary N) is 1. The number of hydrogen-bond acceptors (Lipinski definition) is 2. The van der Waals surface area contributed by atoms with E-state index in [-0.39, 0.29) is 5.91 Å². The van der Waals surface area contributed by atoms with Crippen molar-refractivity contribution in [2.75, 3.05) is 6.54 Å². The molecular weight excluding hydrogens is 224 g/mol. The number of nitriles is 1. The van der Waals surface area contributed by atoms with Gasteiger partial charge in [-0.1, -0.05) is 39.5 Å². The highest BCUT2D eigenvalue weighted by Crippen LogP contribution is 2.30. The smallest absolute Gasteiger partial charge is 0.240 e. The summed E-state index contributed by atoms with van der Waals surface area (Å²) in [4.78, 5) is 11.9. The van der Waals surface area contributed by atoms with Crippen molar-refractivity contribution in [3.05, 3.63) is 0 Å². The Morgan fingerprint density at radius 3 is 2.50 bits per heavy atom. The second-order valence-corrected chi connectivity index (χ2v) is 5.97. The predicted octanol–water partition coefficient (Wildman–Crippen LogP) is 3.26. The lowest BCUT2D eigenvalue weighted by atomic mass is 9.81. The largest absolute Gasteiger partial charge is 0.355 e. The Hall–Kier alpha value is -1.04. The minimum atomic E-state index is -0.860. The van der Waals surface area contributed by atoms with Crippen LogP contribution in [-0.4, -0.2) is 12.5 Å². The molecule has 0 aromatic rings. The van der Waals surface area contributed by atoms with Crippen molar-refractivity contribution in [2.45, 2.75) is 59.3 Å². The minimum absolute atomic E-state index is 0.114. The fourth-order valence-corrected chi connectivity index (χ4v) is 2.49. The fourth-order valence-electron chi connectivity index (χ4n) is 2.49. The molecule has 1 unspecified atom stereocenters. The minimum Gasteiger partial charge on any atom is -0.355 e. The van der Waals surface area contributed by atoms with Gasteiger partial charge in [0, 0.05) is 6.54 Å². The molecule has 1 aliphatic carbocycles. The van der Waals surface area contributed by atoms with E-state index in [0.29, 0.717) is 6.42 Å². The molecule has 0 aromatic carbocycles. The quantitative estimate of drug-likeness (QED) is 0.814. The highest BCUT2D eigenvalue weighted by molar-refractivity contribution is 5.84. The van der Waals surface area contributed by atoms with Gasteiger partial charge >= 0.3 is 0 Å². The van der Waals surface area contributed by atoms with Gasteiger partial charge in [-0.3, -0.25) is 4.79 Å². The Morgan fingerprint density at radius 1 is 1.39 bits per heavy atom. The third-order valence-electron chi connectivity index (χ3n) is 4.43. The molecule has 0 saturated heterocycles. The van der Waals surface area contributed by atoms with Crippen LogP contribution < -0.4 is 5.32 Å². The van der Waals surface area contributed by atoms with E-state index in [9.17, 15) is 4.79 Å². The van der Waals surface area contributed by atoms with Gasteiger partial charge in [0.2, 0.25) is 5.91 Å². The Morgan fingerprint density at radius 2 is 2.00 bits per heavy atom. The topological polar surface area (TPSA) is 52.9 Å². The van der Waals surface area contributed by atoms with Crippen molar-refractivity contribution < 1.29 is 4.79 Å². The summed E-state index contributed by atoms with van der Waals surface area (Å²) >= 11 is 0. The Balaban J connectivity index is 2.26. The van der Waals surface area contributed by atoms with Gasteiger partial charge < -0.3 is 5.32 Å². The maximum absolute atomic E-state index is 11.9. The highest BCUT2D eigenvalue weighted by Gasteiger charge is 2.30. The van der Waals surface area contributed by atoms with Crippen molar-refractivity contribution in [1.82, 2.24) is 5.32 Å². The first kappa shape index (κ1) is 15.0. The normalized spacial score (nSPS) is 27.0. The van der Waals surface area contributed by atoms with Gasteiger partial charge in [0.25, 0.3) is 0 Å². The molecule has 1 saturated carbocycles. The van der Waals surface area contributed by atoms with E-state index in [4.69, 9.17) is 5.26 Å². The molecule has 3 heteroatoms. The van der Waals surface area contributed by atoms with E-state index >= 15 is 0 Å². The van der Waals surface area contributed by atoms with Gasteiger partial charge in [0.05, 0.1) is 6.07 Å². The van der Waals surface area contributed by atoms with Crippen LogP contribution in [0.15, 0.2) is 0 Å². The zero-order chi connectivity index (χ0) is 13.6. The second-order valence-electron chi connectivity index (χ2n) is 5.97. The van der Waals surface area contributed by atoms with Crippen LogP contribution >= 0.6 is 0 Å². The maximum Gasteiger partial charge on any atom is 0.240 e. The lowest BCUT2D eigenvalue weighted by molar-refractivity contribution is -0.127. The number of carbonyl (C=O) groups excluding carboxylic acids is 1. The molecule has 0 aliphatic heterocycles. The molecule has 1 rings (SSSR count). The number of amides is 1. The number of carbonyl (C=O) groups is 1. The molecule has 1 atom stereocenters. The van der Waals surface area contributed by atoms with Crippen LogP contribution in [0.4, 0.5) is 0 Å². The Labute approximate surface area is 111 Å². The van der Waals surface area contributed by atoms with Gasteiger partial charge in [-0.25, -0.2) is 0 Å². The zero-order valence-electron chi connectivity index (χ0n) is 12.0. The van der Waals surface area contributed by atoms with Crippen molar-refractivity contribution >= 4 is 5.91 Å². The summed E-state index contributed by atoms with van der Waals surface area (Å²) < 4.78 is 0. The first-order chi connectivity index (χ1) is 8.51. The molecular formula is C15H26N2O. The standard InChI is InChI=1S/C15H26N2O/c1-4-15(3,11-16)14(18)17-10-9-13-7-5-12(2)6-8-13/h12-13H,4-10H2,1-3H3,(H,17,18). The van der Waals surface area contributed by atoms with E-state index in [2.05, 4.69) is 18.3 Å². The molecule has 0 bridgehead atoms. The maximum atomic E-state index is 11.9. The highest BCUT2D eigenvalue weighted by atomic mass is 16.2. The van der Waals surface area contributed by atoms with Gasteiger partial charge in [-0.15, -0.1) is 0 Å². The third kappa shape index (κ3) is 4.01. The van der Waals surface area contributed by atoms with Gasteiger partial charge in [-0.05, 0) is 31.6 Å². The molecule has 18 heavy (non-hydrogen) atoms. The number of rotatable bonds is 5. The van der Waals surface area contributed by atoms with E-state index in [1.165, 1.54) is 25.7 Å². The van der Waals surface area contributed by atoms with Crippen molar-refractivity contribution in [2.24, 2.45) is 17.3 Å². The molecule has 1 aliphatic rings. The molecule has 3 nitrogen and oxygen atoms in total. The van der Waals surface area contributed by atoms with E-state index < -0.39 is 5.41 Å². The molecule has 1 amide bonds. The van der Waals surface area contributed by atoms with Crippen LogP contribution in [0, 0.1) is 28.6 Å². The van der Waals surface area contributed by atoms with Crippen molar-refractivity contribution in [3.63, 3.8) is 0 Å². The summed E-state index contributed by atoms with van der Waals surface area (Å²) in [7, 11) is 0. The Kier molecular flexibility index (Phi) is 5.65. The van der Waals surface area contributed by atoms with Gasteiger partial charge in [-0.2, -0.15) is 5.26 Å². The molecule has 0 aromatic heterocycles. The van der Waals surface area contributed by atoms with Crippen molar-refractivity contribution in [3.8, 4) is 6.07 Å². The third-order valence-corrected chi connectivity index (χ3v) is 4.43. The molecule has 1 N–H and O–H groups in total. The molecule has 0 heterocycles. The summed E-state index contributed by atoms with van der Waals surface area (Å²) in [6.07, 6.45) is 6.85. The predicted molar refractivity (Wildman–Crippen MR) is 72.8 cm³/mol. The van der Waals surface area contributed by atoms with Gasteiger partial charge in [0.15, 0.2) is 0 Å². The summed E-state index contributed by atoms with van der Waals surface area (Å²) in [6, 6.07) is 2.11. The van der Waals surface area contributed by atoms with Crippen molar-refractivity contribution in [1.29, 1.82) is 5.26 Å². The lowest BCUT2D eigenvalue weighted by Gasteiger charge is -2.26. The molecule has 0 radical (unpaired) electrons. The average molecular weight is 250 g/mol. The zero-order valence-corrected chi connectivity index (χ0v) is 12.0. The summed E-state index contributed by atoms with van der Waals surface area (Å²) in [5, 5.41) is 11.9. The average Bonchev–Trinajstić information content (AvgIpc) is 2.40. The number of hydrogen-bond donors (Lipinski definition) is 1. The van der Waals surface area contributed by atoms with Crippen LogP contribution in [-0.2, 0) is 4.79 Å². The first-order valence-corrected chi connectivity index (χ1v) is 7.21. The Bertz CT molecular complexity index is 313. The van der Waals surface area contributed by atoms with Crippen LogP contribution in [0.1, 0.15) is 59.3 Å². The second kappa shape index (κ2) is 6.78. The fraction of sp³-hybridized carbons (Fsp3) is 0.867.